The van der Waals surface area contributed by atoms with E-state index in [0.717, 1.165) is 11.1 Å². The summed E-state index contributed by atoms with van der Waals surface area (Å²) in [4.78, 5) is 27.5. The summed E-state index contributed by atoms with van der Waals surface area (Å²) < 4.78 is 0. The standard InChI is InChI=1S/C23H28Cl2N2O2/c1-15-6-8-17(9-7-15)14-27(16(2)22(29)26-23(3,4)5)21(28)12-18-10-11-19(24)13-20(18)25/h6-11,13,16H,12,14H2,1-5H3,(H,26,29). The molecule has 0 aromatic heterocycles. The third-order valence-corrected chi connectivity index (χ3v) is 5.08. The lowest BCUT2D eigenvalue weighted by atomic mass is 10.1. The Hall–Kier alpha value is -2.04. The van der Waals surface area contributed by atoms with Gasteiger partial charge in [0.2, 0.25) is 11.8 Å². The van der Waals surface area contributed by atoms with Gasteiger partial charge in [0.15, 0.2) is 0 Å². The molecule has 0 bridgehead atoms. The largest absolute Gasteiger partial charge is 0.350 e. The topological polar surface area (TPSA) is 49.4 Å². The van der Waals surface area contributed by atoms with Crippen LogP contribution in [0.4, 0.5) is 0 Å². The lowest BCUT2D eigenvalue weighted by Gasteiger charge is -2.31. The van der Waals surface area contributed by atoms with Gasteiger partial charge in [0.05, 0.1) is 6.42 Å². The molecule has 2 aromatic carbocycles. The van der Waals surface area contributed by atoms with E-state index >= 15 is 0 Å². The number of carbonyl (C=O) groups excluding carboxylic acids is 2. The zero-order valence-electron chi connectivity index (χ0n) is 17.6. The highest BCUT2D eigenvalue weighted by Crippen LogP contribution is 2.23. The van der Waals surface area contributed by atoms with Crippen LogP contribution in [0.2, 0.25) is 10.0 Å². The van der Waals surface area contributed by atoms with Crippen molar-refractivity contribution in [2.45, 2.75) is 59.2 Å². The highest BCUT2D eigenvalue weighted by molar-refractivity contribution is 6.35. The van der Waals surface area contributed by atoms with Gasteiger partial charge in [-0.05, 0) is 57.9 Å². The minimum atomic E-state index is -0.630. The van der Waals surface area contributed by atoms with Gasteiger partial charge in [-0.25, -0.2) is 0 Å². The number of nitrogens with zero attached hydrogens (tertiary/aromatic N) is 1. The van der Waals surface area contributed by atoms with Gasteiger partial charge in [-0.15, -0.1) is 0 Å². The normalized spacial score (nSPS) is 12.4. The van der Waals surface area contributed by atoms with E-state index < -0.39 is 6.04 Å². The molecule has 2 amide bonds. The van der Waals surface area contributed by atoms with E-state index in [1.54, 1.807) is 30.0 Å². The van der Waals surface area contributed by atoms with Crippen molar-refractivity contribution >= 4 is 35.0 Å². The van der Waals surface area contributed by atoms with Crippen LogP contribution in [-0.2, 0) is 22.6 Å². The summed E-state index contributed by atoms with van der Waals surface area (Å²) in [5.74, 6) is -0.369. The Kier molecular flexibility index (Phi) is 7.73. The lowest BCUT2D eigenvalue weighted by molar-refractivity contribution is -0.140. The van der Waals surface area contributed by atoms with Crippen LogP contribution in [-0.4, -0.2) is 28.3 Å². The third-order valence-electron chi connectivity index (χ3n) is 4.50. The van der Waals surface area contributed by atoms with E-state index in [9.17, 15) is 9.59 Å². The average molecular weight is 435 g/mol. The maximum absolute atomic E-state index is 13.2. The van der Waals surface area contributed by atoms with Crippen LogP contribution in [0.25, 0.3) is 0 Å². The maximum atomic E-state index is 13.2. The third kappa shape index (κ3) is 7.06. The Bertz CT molecular complexity index is 873. The van der Waals surface area contributed by atoms with Gasteiger partial charge in [-0.2, -0.15) is 0 Å². The minimum Gasteiger partial charge on any atom is -0.350 e. The Balaban J connectivity index is 2.27. The fourth-order valence-electron chi connectivity index (χ4n) is 2.88. The number of halogens is 2. The van der Waals surface area contributed by atoms with Crippen molar-refractivity contribution in [2.24, 2.45) is 0 Å². The van der Waals surface area contributed by atoms with Gasteiger partial charge in [0, 0.05) is 22.1 Å². The van der Waals surface area contributed by atoms with Gasteiger partial charge in [-0.1, -0.05) is 59.1 Å². The second-order valence-corrected chi connectivity index (χ2v) is 9.18. The van der Waals surface area contributed by atoms with Crippen LogP contribution in [0, 0.1) is 6.92 Å². The highest BCUT2D eigenvalue weighted by atomic mass is 35.5. The molecule has 4 nitrogen and oxygen atoms in total. The Morgan fingerprint density at radius 1 is 1.07 bits per heavy atom. The molecule has 0 saturated carbocycles. The van der Waals surface area contributed by atoms with Gasteiger partial charge < -0.3 is 10.2 Å². The summed E-state index contributed by atoms with van der Waals surface area (Å²) in [5, 5.41) is 3.91. The number of hydrogen-bond acceptors (Lipinski definition) is 2. The van der Waals surface area contributed by atoms with Crippen molar-refractivity contribution in [1.82, 2.24) is 10.2 Å². The highest BCUT2D eigenvalue weighted by Gasteiger charge is 2.28. The summed E-state index contributed by atoms with van der Waals surface area (Å²) in [6.45, 7) is 9.83. The van der Waals surface area contributed by atoms with E-state index in [-0.39, 0.29) is 23.8 Å². The van der Waals surface area contributed by atoms with Gasteiger partial charge >= 0.3 is 0 Å². The maximum Gasteiger partial charge on any atom is 0.242 e. The molecule has 1 atom stereocenters. The summed E-state index contributed by atoms with van der Waals surface area (Å²) in [7, 11) is 0. The number of carbonyl (C=O) groups is 2. The van der Waals surface area contributed by atoms with E-state index in [4.69, 9.17) is 23.2 Å². The molecular formula is C23H28Cl2N2O2. The first kappa shape index (κ1) is 23.2. The smallest absolute Gasteiger partial charge is 0.242 e. The molecule has 0 fully saturated rings. The van der Waals surface area contributed by atoms with Crippen molar-refractivity contribution in [3.8, 4) is 0 Å². The molecule has 2 rings (SSSR count). The molecule has 0 aliphatic rings. The van der Waals surface area contributed by atoms with Gasteiger partial charge in [0.1, 0.15) is 6.04 Å². The van der Waals surface area contributed by atoms with Gasteiger partial charge in [-0.3, -0.25) is 9.59 Å². The van der Waals surface area contributed by atoms with Crippen LogP contribution in [0.15, 0.2) is 42.5 Å². The summed E-state index contributed by atoms with van der Waals surface area (Å²) >= 11 is 12.2. The number of rotatable bonds is 6. The Labute approximate surface area is 183 Å². The second-order valence-electron chi connectivity index (χ2n) is 8.33. The molecule has 0 saturated heterocycles. The summed E-state index contributed by atoms with van der Waals surface area (Å²) in [5.41, 5.74) is 2.39. The van der Waals surface area contributed by atoms with E-state index in [2.05, 4.69) is 5.32 Å². The van der Waals surface area contributed by atoms with Crippen LogP contribution in [0.1, 0.15) is 44.4 Å². The number of nitrogens with one attached hydrogen (secondary N) is 1. The van der Waals surface area contributed by atoms with Crippen molar-refractivity contribution in [1.29, 1.82) is 0 Å². The van der Waals surface area contributed by atoms with Crippen molar-refractivity contribution < 1.29 is 9.59 Å². The first-order valence-electron chi connectivity index (χ1n) is 9.57. The zero-order chi connectivity index (χ0) is 21.8. The molecule has 6 heteroatoms. The monoisotopic (exact) mass is 434 g/mol. The fraction of sp³-hybridized carbons (Fsp3) is 0.391. The van der Waals surface area contributed by atoms with E-state index in [0.29, 0.717) is 22.2 Å². The Morgan fingerprint density at radius 2 is 1.69 bits per heavy atom. The number of benzene rings is 2. The van der Waals surface area contributed by atoms with Crippen molar-refractivity contribution in [3.63, 3.8) is 0 Å². The van der Waals surface area contributed by atoms with Crippen LogP contribution < -0.4 is 5.32 Å². The molecule has 156 valence electrons. The molecule has 0 aliphatic heterocycles. The SMILES string of the molecule is Cc1ccc(CN(C(=O)Cc2ccc(Cl)cc2Cl)C(C)C(=O)NC(C)(C)C)cc1. The van der Waals surface area contributed by atoms with Crippen molar-refractivity contribution in [2.75, 3.05) is 0 Å². The van der Waals surface area contributed by atoms with Crippen LogP contribution >= 0.6 is 23.2 Å². The summed E-state index contributed by atoms with van der Waals surface area (Å²) in [6, 6.07) is 12.4. The quantitative estimate of drug-likeness (QED) is 0.680. The van der Waals surface area contributed by atoms with Crippen molar-refractivity contribution in [3.05, 3.63) is 69.2 Å². The zero-order valence-corrected chi connectivity index (χ0v) is 19.1. The Morgan fingerprint density at radius 3 is 2.24 bits per heavy atom. The van der Waals surface area contributed by atoms with Gasteiger partial charge in [0.25, 0.3) is 0 Å². The molecule has 1 unspecified atom stereocenters. The van der Waals surface area contributed by atoms with E-state index in [1.165, 1.54) is 0 Å². The fourth-order valence-corrected chi connectivity index (χ4v) is 3.35. The summed E-state index contributed by atoms with van der Waals surface area (Å²) in [6.07, 6.45) is 0.0923. The molecule has 0 radical (unpaired) electrons. The first-order chi connectivity index (χ1) is 13.5. The molecule has 2 aromatic rings. The molecule has 0 spiro atoms. The minimum absolute atomic E-state index is 0.0923. The van der Waals surface area contributed by atoms with E-state index in [1.807, 2.05) is 52.0 Å². The van der Waals surface area contributed by atoms with Crippen LogP contribution in [0.3, 0.4) is 0 Å². The first-order valence-corrected chi connectivity index (χ1v) is 10.3. The predicted molar refractivity (Wildman–Crippen MR) is 119 cm³/mol. The second kappa shape index (κ2) is 9.64. The molecular weight excluding hydrogens is 407 g/mol. The lowest BCUT2D eigenvalue weighted by Crippen LogP contribution is -2.52. The van der Waals surface area contributed by atoms with Crippen LogP contribution in [0.5, 0.6) is 0 Å². The predicted octanol–water partition coefficient (Wildman–Crippen LogP) is 5.18. The molecule has 1 N–H and O–H groups in total. The average Bonchev–Trinajstić information content (AvgIpc) is 2.61. The number of hydrogen-bond donors (Lipinski definition) is 1. The molecule has 0 aliphatic carbocycles. The number of aryl methyl sites for hydroxylation is 1. The molecule has 29 heavy (non-hydrogen) atoms. The molecule has 0 heterocycles. The number of amides is 2.